The van der Waals surface area contributed by atoms with Crippen LogP contribution < -0.4 is 5.32 Å². The van der Waals surface area contributed by atoms with Crippen molar-refractivity contribution in [2.75, 3.05) is 5.32 Å². The smallest absolute Gasteiger partial charge is 0.142 e. The number of nitrogens with zero attached hydrogens (tertiary/aromatic N) is 1. The summed E-state index contributed by atoms with van der Waals surface area (Å²) < 4.78 is 13.5. The molecule has 3 rings (SSSR count). The molecule has 0 aliphatic rings. The first-order chi connectivity index (χ1) is 11.4. The molecule has 2 nitrogen and oxygen atoms in total. The van der Waals surface area contributed by atoms with Crippen LogP contribution in [0.4, 0.5) is 10.2 Å². The lowest BCUT2D eigenvalue weighted by Gasteiger charge is -2.22. The first kappa shape index (κ1) is 16.0. The van der Waals surface area contributed by atoms with Gasteiger partial charge < -0.3 is 5.32 Å². The highest BCUT2D eigenvalue weighted by molar-refractivity contribution is 5.83. The molecular weight excluding hydrogens is 299 g/mol. The van der Waals surface area contributed by atoms with E-state index in [2.05, 4.69) is 42.9 Å². The average Bonchev–Trinajstić information content (AvgIpc) is 2.52. The fraction of sp³-hybridized carbons (Fsp3) is 0.190. The molecule has 3 aromatic rings. The number of fused-ring (bicyclic) bond motifs is 1. The zero-order valence-corrected chi connectivity index (χ0v) is 14.0. The largest absolute Gasteiger partial charge is 0.364 e. The quantitative estimate of drug-likeness (QED) is 0.640. The fourth-order valence-corrected chi connectivity index (χ4v) is 2.35. The number of aromatic nitrogens is 1. The maximum absolute atomic E-state index is 13.5. The molecule has 0 saturated heterocycles. The summed E-state index contributed by atoms with van der Waals surface area (Å²) >= 11 is 0. The predicted octanol–water partition coefficient (Wildman–Crippen LogP) is 4.98. The highest BCUT2D eigenvalue weighted by atomic mass is 19.1. The van der Waals surface area contributed by atoms with Gasteiger partial charge >= 0.3 is 0 Å². The lowest BCUT2D eigenvalue weighted by molar-refractivity contribution is 0.628. The molecule has 3 heteroatoms. The van der Waals surface area contributed by atoms with Crippen LogP contribution in [0.1, 0.15) is 31.9 Å². The van der Waals surface area contributed by atoms with Crippen molar-refractivity contribution in [3.05, 3.63) is 71.5 Å². The van der Waals surface area contributed by atoms with Gasteiger partial charge in [-0.25, -0.2) is 9.37 Å². The van der Waals surface area contributed by atoms with E-state index < -0.39 is 0 Å². The van der Waals surface area contributed by atoms with E-state index in [1.165, 1.54) is 12.1 Å². The van der Waals surface area contributed by atoms with Crippen molar-refractivity contribution in [3.8, 4) is 11.8 Å². The van der Waals surface area contributed by atoms with Crippen LogP contribution in [-0.2, 0) is 0 Å². The van der Waals surface area contributed by atoms with Gasteiger partial charge in [0, 0.05) is 16.5 Å². The summed E-state index contributed by atoms with van der Waals surface area (Å²) in [6, 6.07) is 16.2. The van der Waals surface area contributed by atoms with Crippen LogP contribution in [-0.4, -0.2) is 10.5 Å². The van der Waals surface area contributed by atoms with Gasteiger partial charge in [0.05, 0.1) is 11.1 Å². The maximum atomic E-state index is 13.5. The molecule has 0 radical (unpaired) electrons. The van der Waals surface area contributed by atoms with E-state index in [0.29, 0.717) is 5.82 Å². The molecule has 120 valence electrons. The normalized spacial score (nSPS) is 11.0. The second kappa shape index (κ2) is 6.33. The molecule has 0 bridgehead atoms. The van der Waals surface area contributed by atoms with Crippen molar-refractivity contribution in [1.82, 2.24) is 4.98 Å². The topological polar surface area (TPSA) is 24.9 Å². The molecule has 0 atom stereocenters. The Kier molecular flexibility index (Phi) is 4.22. The number of rotatable bonds is 1. The first-order valence-electron chi connectivity index (χ1n) is 7.86. The monoisotopic (exact) mass is 318 g/mol. The number of hydrogen-bond donors (Lipinski definition) is 1. The van der Waals surface area contributed by atoms with Crippen molar-refractivity contribution in [2.45, 2.75) is 26.3 Å². The second-order valence-corrected chi connectivity index (χ2v) is 6.71. The molecule has 24 heavy (non-hydrogen) atoms. The van der Waals surface area contributed by atoms with Crippen LogP contribution in [0.15, 0.2) is 54.6 Å². The van der Waals surface area contributed by atoms with Crippen molar-refractivity contribution < 1.29 is 4.39 Å². The molecule has 1 aromatic heterocycles. The van der Waals surface area contributed by atoms with E-state index in [-0.39, 0.29) is 11.4 Å². The van der Waals surface area contributed by atoms with Crippen molar-refractivity contribution in [3.63, 3.8) is 0 Å². The highest BCUT2D eigenvalue weighted by Gasteiger charge is 2.14. The van der Waals surface area contributed by atoms with Crippen LogP contribution in [0.3, 0.4) is 0 Å². The van der Waals surface area contributed by atoms with E-state index in [1.807, 2.05) is 36.4 Å². The van der Waals surface area contributed by atoms with Crippen molar-refractivity contribution in [1.29, 1.82) is 0 Å². The minimum absolute atomic E-state index is 0.149. The van der Waals surface area contributed by atoms with Crippen LogP contribution >= 0.6 is 0 Å². The van der Waals surface area contributed by atoms with E-state index in [9.17, 15) is 4.39 Å². The minimum atomic E-state index is -0.275. The van der Waals surface area contributed by atoms with Gasteiger partial charge in [0.25, 0.3) is 0 Å². The van der Waals surface area contributed by atoms with Crippen LogP contribution in [0, 0.1) is 17.7 Å². The average molecular weight is 318 g/mol. The third-order valence-electron chi connectivity index (χ3n) is 3.39. The Hall–Kier alpha value is -2.86. The van der Waals surface area contributed by atoms with Gasteiger partial charge in [-0.3, -0.25) is 0 Å². The molecule has 0 unspecified atom stereocenters. The van der Waals surface area contributed by atoms with Gasteiger partial charge in [-0.05, 0) is 57.2 Å². The Morgan fingerprint density at radius 2 is 1.71 bits per heavy atom. The van der Waals surface area contributed by atoms with Gasteiger partial charge in [-0.15, -0.1) is 0 Å². The summed E-state index contributed by atoms with van der Waals surface area (Å²) in [4.78, 5) is 4.63. The van der Waals surface area contributed by atoms with Gasteiger partial charge in [0.1, 0.15) is 11.6 Å². The second-order valence-electron chi connectivity index (χ2n) is 6.71. The van der Waals surface area contributed by atoms with Gasteiger partial charge in [-0.2, -0.15) is 0 Å². The number of halogens is 1. The predicted molar refractivity (Wildman–Crippen MR) is 97.5 cm³/mol. The first-order valence-corrected chi connectivity index (χ1v) is 7.86. The third kappa shape index (κ3) is 3.91. The Bertz CT molecular complexity index is 929. The Morgan fingerprint density at radius 1 is 0.958 bits per heavy atom. The van der Waals surface area contributed by atoms with E-state index in [4.69, 9.17) is 0 Å². The highest BCUT2D eigenvalue weighted by Crippen LogP contribution is 2.23. The zero-order valence-electron chi connectivity index (χ0n) is 14.0. The number of benzene rings is 2. The summed E-state index contributed by atoms with van der Waals surface area (Å²) in [6.45, 7) is 6.20. The molecule has 0 amide bonds. The lowest BCUT2D eigenvalue weighted by atomic mass is 10.1. The Morgan fingerprint density at radius 3 is 2.42 bits per heavy atom. The van der Waals surface area contributed by atoms with E-state index in [1.54, 1.807) is 6.07 Å². The van der Waals surface area contributed by atoms with Crippen LogP contribution in [0.25, 0.3) is 10.9 Å². The number of hydrogen-bond acceptors (Lipinski definition) is 2. The Labute approximate surface area is 141 Å². The molecule has 1 heterocycles. The number of pyridine rings is 1. The molecule has 0 fully saturated rings. The summed E-state index contributed by atoms with van der Waals surface area (Å²) in [5.41, 5.74) is 2.28. The SMILES string of the molecule is CC(C)(C)Nc1nc2ccc(F)cc2cc1C#Cc1ccccc1. The molecule has 0 saturated carbocycles. The van der Waals surface area contributed by atoms with Crippen molar-refractivity contribution >= 4 is 16.7 Å². The summed E-state index contributed by atoms with van der Waals surface area (Å²) in [7, 11) is 0. The van der Waals surface area contributed by atoms with Gasteiger partial charge in [0.2, 0.25) is 0 Å². The minimum Gasteiger partial charge on any atom is -0.364 e. The lowest BCUT2D eigenvalue weighted by Crippen LogP contribution is -2.27. The van der Waals surface area contributed by atoms with Crippen LogP contribution in [0.2, 0.25) is 0 Å². The number of nitrogens with one attached hydrogen (secondary N) is 1. The van der Waals surface area contributed by atoms with E-state index >= 15 is 0 Å². The fourth-order valence-electron chi connectivity index (χ4n) is 2.35. The zero-order chi connectivity index (χ0) is 17.2. The van der Waals surface area contributed by atoms with Crippen LogP contribution in [0.5, 0.6) is 0 Å². The van der Waals surface area contributed by atoms with Crippen molar-refractivity contribution in [2.24, 2.45) is 0 Å². The maximum Gasteiger partial charge on any atom is 0.142 e. The number of anilines is 1. The Balaban J connectivity index is 2.12. The summed E-state index contributed by atoms with van der Waals surface area (Å²) in [5.74, 6) is 6.75. The standard InChI is InChI=1S/C21H19FN2/c1-21(2,3)24-20-16(10-9-15-7-5-4-6-8-15)13-17-14-18(22)11-12-19(17)23-20/h4-8,11-14H,1-3H3,(H,23,24). The molecule has 0 aliphatic carbocycles. The molecule has 0 spiro atoms. The van der Waals surface area contributed by atoms with Gasteiger partial charge in [-0.1, -0.05) is 30.0 Å². The summed E-state index contributed by atoms with van der Waals surface area (Å²) in [5, 5.41) is 4.13. The molecule has 1 N–H and O–H groups in total. The van der Waals surface area contributed by atoms with E-state index in [0.717, 1.165) is 22.0 Å². The molecule has 2 aromatic carbocycles. The molecular formula is C21H19FN2. The summed E-state index contributed by atoms with van der Waals surface area (Å²) in [6.07, 6.45) is 0. The third-order valence-corrected chi connectivity index (χ3v) is 3.39. The van der Waals surface area contributed by atoms with Gasteiger partial charge in [0.15, 0.2) is 0 Å². The molecule has 0 aliphatic heterocycles.